The van der Waals surface area contributed by atoms with Crippen LogP contribution < -0.4 is 5.32 Å². The lowest BCUT2D eigenvalue weighted by Crippen LogP contribution is -2.45. The van der Waals surface area contributed by atoms with Crippen LogP contribution in [0.4, 0.5) is 4.79 Å². The molecule has 0 aromatic heterocycles. The van der Waals surface area contributed by atoms with E-state index in [4.69, 9.17) is 9.84 Å². The van der Waals surface area contributed by atoms with Crippen molar-refractivity contribution >= 4 is 12.0 Å². The van der Waals surface area contributed by atoms with Gasteiger partial charge in [-0.3, -0.25) is 4.79 Å². The lowest BCUT2D eigenvalue weighted by atomic mass is 10.1. The summed E-state index contributed by atoms with van der Waals surface area (Å²) in [7, 11) is 1.58. The number of aliphatic carboxylic acids is 1. The fourth-order valence-corrected chi connectivity index (χ4v) is 1.93. The van der Waals surface area contributed by atoms with Crippen LogP contribution in [0.5, 0.6) is 0 Å². The molecule has 2 amide bonds. The summed E-state index contributed by atoms with van der Waals surface area (Å²) in [5.74, 6) is -0.861. The Kier molecular flexibility index (Phi) is 5.21. The Bertz CT molecular complexity index is 283. The highest BCUT2D eigenvalue weighted by atomic mass is 16.5. The van der Waals surface area contributed by atoms with Crippen LogP contribution >= 0.6 is 0 Å². The smallest absolute Gasteiger partial charge is 0.317 e. The van der Waals surface area contributed by atoms with Crippen molar-refractivity contribution in [2.24, 2.45) is 0 Å². The van der Waals surface area contributed by atoms with Gasteiger partial charge in [0.1, 0.15) is 0 Å². The van der Waals surface area contributed by atoms with Gasteiger partial charge in [-0.25, -0.2) is 4.79 Å². The number of rotatable bonds is 5. The van der Waals surface area contributed by atoms with Crippen LogP contribution in [0.3, 0.4) is 0 Å². The minimum atomic E-state index is -0.861. The molecule has 1 aliphatic heterocycles. The van der Waals surface area contributed by atoms with Crippen molar-refractivity contribution < 1.29 is 19.4 Å². The first-order valence-electron chi connectivity index (χ1n) is 5.83. The van der Waals surface area contributed by atoms with Crippen LogP contribution in [0.1, 0.15) is 26.2 Å². The topological polar surface area (TPSA) is 78.9 Å². The van der Waals surface area contributed by atoms with Crippen LogP contribution in [0.25, 0.3) is 0 Å². The molecule has 1 saturated heterocycles. The highest BCUT2D eigenvalue weighted by molar-refractivity contribution is 5.76. The third-order valence-electron chi connectivity index (χ3n) is 2.99. The molecule has 17 heavy (non-hydrogen) atoms. The van der Waals surface area contributed by atoms with E-state index in [1.54, 1.807) is 12.0 Å². The first-order valence-corrected chi connectivity index (χ1v) is 5.83. The molecule has 0 saturated carbocycles. The van der Waals surface area contributed by atoms with Crippen LogP contribution in [0, 0.1) is 0 Å². The summed E-state index contributed by atoms with van der Waals surface area (Å²) in [4.78, 5) is 24.1. The van der Waals surface area contributed by atoms with E-state index >= 15 is 0 Å². The minimum Gasteiger partial charge on any atom is -0.481 e. The van der Waals surface area contributed by atoms with Crippen LogP contribution in [0.2, 0.25) is 0 Å². The molecular formula is C11H20N2O4. The minimum absolute atomic E-state index is 0.0211. The number of carbonyl (C=O) groups excluding carboxylic acids is 1. The molecule has 0 spiro atoms. The van der Waals surface area contributed by atoms with E-state index in [2.05, 4.69) is 5.32 Å². The summed E-state index contributed by atoms with van der Waals surface area (Å²) in [5, 5.41) is 11.5. The third-order valence-corrected chi connectivity index (χ3v) is 2.99. The number of hydrogen-bond acceptors (Lipinski definition) is 3. The fraction of sp³-hybridized carbons (Fsp3) is 0.818. The van der Waals surface area contributed by atoms with Gasteiger partial charge in [0.15, 0.2) is 0 Å². The summed E-state index contributed by atoms with van der Waals surface area (Å²) in [6.07, 6.45) is 1.61. The Morgan fingerprint density at radius 1 is 1.59 bits per heavy atom. The van der Waals surface area contributed by atoms with Gasteiger partial charge in [-0.05, 0) is 19.8 Å². The van der Waals surface area contributed by atoms with Crippen molar-refractivity contribution in [1.29, 1.82) is 0 Å². The number of carbonyl (C=O) groups is 2. The molecule has 0 bridgehead atoms. The average molecular weight is 244 g/mol. The lowest BCUT2D eigenvalue weighted by Gasteiger charge is -2.24. The van der Waals surface area contributed by atoms with Crippen molar-refractivity contribution in [2.45, 2.75) is 38.3 Å². The summed E-state index contributed by atoms with van der Waals surface area (Å²) < 4.78 is 5.03. The predicted molar refractivity (Wildman–Crippen MR) is 61.9 cm³/mol. The highest BCUT2D eigenvalue weighted by Crippen LogP contribution is 2.19. The van der Waals surface area contributed by atoms with Crippen LogP contribution in [-0.2, 0) is 9.53 Å². The van der Waals surface area contributed by atoms with Gasteiger partial charge in [-0.2, -0.15) is 0 Å². The first-order chi connectivity index (χ1) is 8.04. The van der Waals surface area contributed by atoms with Crippen molar-refractivity contribution in [3.05, 3.63) is 0 Å². The SMILES string of the molecule is COC(C)CNC(=O)N1CCCC1CC(=O)O. The lowest BCUT2D eigenvalue weighted by molar-refractivity contribution is -0.137. The van der Waals surface area contributed by atoms with Gasteiger partial charge in [0.05, 0.1) is 12.5 Å². The molecule has 1 aliphatic rings. The Morgan fingerprint density at radius 3 is 2.88 bits per heavy atom. The Hall–Kier alpha value is -1.30. The highest BCUT2D eigenvalue weighted by Gasteiger charge is 2.30. The third kappa shape index (κ3) is 4.22. The van der Waals surface area contributed by atoms with E-state index in [1.807, 2.05) is 6.92 Å². The molecule has 2 unspecified atom stereocenters. The standard InChI is InChI=1S/C11H20N2O4/c1-8(17-2)7-12-11(16)13-5-3-4-9(13)6-10(14)15/h8-9H,3-7H2,1-2H3,(H,12,16)(H,14,15). The second-order valence-electron chi connectivity index (χ2n) is 4.32. The molecule has 0 aromatic rings. The molecule has 0 aliphatic carbocycles. The molecule has 0 radical (unpaired) electrons. The first kappa shape index (κ1) is 13.8. The fourth-order valence-electron chi connectivity index (χ4n) is 1.93. The number of methoxy groups -OCH3 is 1. The van der Waals surface area contributed by atoms with E-state index in [1.165, 1.54) is 0 Å². The van der Waals surface area contributed by atoms with Gasteiger partial charge < -0.3 is 20.1 Å². The van der Waals surface area contributed by atoms with Gasteiger partial charge in [-0.15, -0.1) is 0 Å². The molecule has 2 N–H and O–H groups in total. The van der Waals surface area contributed by atoms with E-state index < -0.39 is 5.97 Å². The number of carboxylic acids is 1. The number of amides is 2. The summed E-state index contributed by atoms with van der Waals surface area (Å²) in [6.45, 7) is 2.93. The predicted octanol–water partition coefficient (Wildman–Crippen LogP) is 0.670. The molecule has 2 atom stereocenters. The Balaban J connectivity index is 2.41. The maximum absolute atomic E-state index is 11.8. The zero-order valence-electron chi connectivity index (χ0n) is 10.3. The molecular weight excluding hydrogens is 224 g/mol. The summed E-state index contributed by atoms with van der Waals surface area (Å²) in [6, 6.07) is -0.372. The van der Waals surface area contributed by atoms with E-state index in [-0.39, 0.29) is 24.6 Å². The number of likely N-dealkylation sites (tertiary alicyclic amines) is 1. The van der Waals surface area contributed by atoms with E-state index in [0.717, 1.165) is 12.8 Å². The van der Waals surface area contributed by atoms with Gasteiger partial charge in [0.2, 0.25) is 0 Å². The number of carboxylic acid groups (broad SMARTS) is 1. The quantitative estimate of drug-likeness (QED) is 0.745. The second kappa shape index (κ2) is 6.44. The number of nitrogens with zero attached hydrogens (tertiary/aromatic N) is 1. The summed E-state index contributed by atoms with van der Waals surface area (Å²) >= 11 is 0. The molecule has 98 valence electrons. The zero-order chi connectivity index (χ0) is 12.8. The van der Waals surface area contributed by atoms with Crippen LogP contribution in [-0.4, -0.2) is 54.4 Å². The van der Waals surface area contributed by atoms with Gasteiger partial charge in [0, 0.05) is 26.2 Å². The molecule has 1 heterocycles. The van der Waals surface area contributed by atoms with Crippen molar-refractivity contribution in [1.82, 2.24) is 10.2 Å². The largest absolute Gasteiger partial charge is 0.481 e. The van der Waals surface area contributed by atoms with E-state index in [0.29, 0.717) is 13.1 Å². The van der Waals surface area contributed by atoms with Crippen LogP contribution in [0.15, 0.2) is 0 Å². The van der Waals surface area contributed by atoms with Gasteiger partial charge >= 0.3 is 12.0 Å². The number of nitrogens with one attached hydrogen (secondary N) is 1. The second-order valence-corrected chi connectivity index (χ2v) is 4.32. The molecule has 1 rings (SSSR count). The Morgan fingerprint density at radius 2 is 2.29 bits per heavy atom. The number of urea groups is 1. The van der Waals surface area contributed by atoms with Crippen molar-refractivity contribution in [2.75, 3.05) is 20.2 Å². The van der Waals surface area contributed by atoms with Gasteiger partial charge in [-0.1, -0.05) is 0 Å². The number of ether oxygens (including phenoxy) is 1. The van der Waals surface area contributed by atoms with Gasteiger partial charge in [0.25, 0.3) is 0 Å². The molecule has 6 nitrogen and oxygen atoms in total. The molecule has 0 aromatic carbocycles. The number of hydrogen-bond donors (Lipinski definition) is 2. The monoisotopic (exact) mass is 244 g/mol. The maximum Gasteiger partial charge on any atom is 0.317 e. The molecule has 1 fully saturated rings. The van der Waals surface area contributed by atoms with Crippen molar-refractivity contribution in [3.63, 3.8) is 0 Å². The summed E-state index contributed by atoms with van der Waals surface area (Å²) in [5.41, 5.74) is 0. The normalized spacial score (nSPS) is 21.3. The average Bonchev–Trinajstić information content (AvgIpc) is 2.72. The Labute approximate surface area is 101 Å². The maximum atomic E-state index is 11.8. The van der Waals surface area contributed by atoms with E-state index in [9.17, 15) is 9.59 Å². The zero-order valence-corrected chi connectivity index (χ0v) is 10.3. The van der Waals surface area contributed by atoms with Crippen molar-refractivity contribution in [3.8, 4) is 0 Å². The molecule has 6 heteroatoms.